The number of anilines is 2. The Kier molecular flexibility index (Phi) is 7.48. The number of hydrogen-bond donors (Lipinski definition) is 2. The predicted molar refractivity (Wildman–Crippen MR) is 99.5 cm³/mol. The molecule has 0 radical (unpaired) electrons. The molecule has 0 fully saturated rings. The molecule has 26 heavy (non-hydrogen) atoms. The van der Waals surface area contributed by atoms with Crippen LogP contribution in [0, 0.1) is 0 Å². The van der Waals surface area contributed by atoms with Gasteiger partial charge in [-0.15, -0.1) is 10.2 Å². The Morgan fingerprint density at radius 3 is 2.62 bits per heavy atom. The Balaban J connectivity index is 1.89. The first-order valence-electron chi connectivity index (χ1n) is 7.47. The molecule has 0 bridgehead atoms. The number of benzene rings is 1. The summed E-state index contributed by atoms with van der Waals surface area (Å²) < 4.78 is 15.7. The van der Waals surface area contributed by atoms with Gasteiger partial charge in [0.05, 0.1) is 26.6 Å². The van der Waals surface area contributed by atoms with Gasteiger partial charge in [-0.25, -0.2) is 4.79 Å². The van der Waals surface area contributed by atoms with E-state index in [2.05, 4.69) is 20.8 Å². The number of nitrogens with zero attached hydrogens (tertiary/aromatic N) is 2. The number of urea groups is 1. The maximum atomic E-state index is 12.1. The first-order chi connectivity index (χ1) is 12.5. The number of esters is 1. The molecule has 2 N–H and O–H groups in total. The second-order valence-corrected chi connectivity index (χ2v) is 6.82. The molecule has 1 heterocycles. The Morgan fingerprint density at radius 2 is 1.92 bits per heavy atom. The van der Waals surface area contributed by atoms with Gasteiger partial charge in [-0.05, 0) is 19.1 Å². The summed E-state index contributed by atoms with van der Waals surface area (Å²) >= 11 is 2.36. The van der Waals surface area contributed by atoms with Gasteiger partial charge in [-0.2, -0.15) is 0 Å². The highest BCUT2D eigenvalue weighted by Crippen LogP contribution is 2.30. The quantitative estimate of drug-likeness (QED) is 0.397. The van der Waals surface area contributed by atoms with Gasteiger partial charge in [-0.1, -0.05) is 23.1 Å². The number of aromatic nitrogens is 2. The highest BCUT2D eigenvalue weighted by Gasteiger charge is 2.12. The summed E-state index contributed by atoms with van der Waals surface area (Å²) in [6.45, 7) is 2.07. The third kappa shape index (κ3) is 5.77. The van der Waals surface area contributed by atoms with Crippen LogP contribution in [0.5, 0.6) is 11.5 Å². The molecule has 0 aliphatic carbocycles. The van der Waals surface area contributed by atoms with Gasteiger partial charge in [0.15, 0.2) is 15.8 Å². The van der Waals surface area contributed by atoms with Crippen LogP contribution in [0.25, 0.3) is 0 Å². The molecule has 2 rings (SSSR count). The number of nitrogens with one attached hydrogen (secondary N) is 2. The monoisotopic (exact) mass is 398 g/mol. The highest BCUT2D eigenvalue weighted by molar-refractivity contribution is 8.01. The number of rotatable bonds is 8. The molecule has 9 nitrogen and oxygen atoms in total. The minimum absolute atomic E-state index is 0.139. The van der Waals surface area contributed by atoms with Gasteiger partial charge in [0, 0.05) is 11.8 Å². The Hall–Kier alpha value is -2.53. The average Bonchev–Trinajstić information content (AvgIpc) is 3.07. The summed E-state index contributed by atoms with van der Waals surface area (Å²) in [5.41, 5.74) is 0.529. The number of methoxy groups -OCH3 is 2. The van der Waals surface area contributed by atoms with E-state index in [0.29, 0.717) is 33.3 Å². The molecule has 0 spiro atoms. The number of carbonyl (C=O) groups excluding carboxylic acids is 2. The molecule has 2 aromatic rings. The molecule has 0 aliphatic heterocycles. The van der Waals surface area contributed by atoms with Crippen molar-refractivity contribution in [1.29, 1.82) is 0 Å². The fourth-order valence-corrected chi connectivity index (χ4v) is 3.36. The van der Waals surface area contributed by atoms with Crippen LogP contribution in [-0.4, -0.2) is 48.8 Å². The van der Waals surface area contributed by atoms with Crippen LogP contribution in [0.3, 0.4) is 0 Å². The van der Waals surface area contributed by atoms with E-state index in [4.69, 9.17) is 14.2 Å². The lowest BCUT2D eigenvalue weighted by Gasteiger charge is -2.10. The van der Waals surface area contributed by atoms with Crippen molar-refractivity contribution < 1.29 is 23.8 Å². The predicted octanol–water partition coefficient (Wildman–Crippen LogP) is 2.85. The highest BCUT2D eigenvalue weighted by atomic mass is 32.2. The zero-order valence-corrected chi connectivity index (χ0v) is 16.0. The largest absolute Gasteiger partial charge is 0.493 e. The van der Waals surface area contributed by atoms with Crippen molar-refractivity contribution in [1.82, 2.24) is 10.2 Å². The fraction of sp³-hybridized carbons (Fsp3) is 0.333. The molecule has 1 aromatic heterocycles. The standard InChI is InChI=1S/C15H18N4O5S2/c1-4-24-12(20)8-25-15-19-18-14(26-15)17-13(21)16-9-5-6-10(22-2)11(7-9)23-3/h5-7H,4,8H2,1-3H3,(H2,16,17,18,21). The lowest BCUT2D eigenvalue weighted by molar-refractivity contribution is -0.139. The molecular formula is C15H18N4O5S2. The van der Waals surface area contributed by atoms with E-state index < -0.39 is 6.03 Å². The topological polar surface area (TPSA) is 112 Å². The molecule has 0 saturated heterocycles. The van der Waals surface area contributed by atoms with E-state index >= 15 is 0 Å². The van der Waals surface area contributed by atoms with E-state index in [1.165, 1.54) is 26.0 Å². The van der Waals surface area contributed by atoms with Crippen molar-refractivity contribution in [3.8, 4) is 11.5 Å². The summed E-state index contributed by atoms with van der Waals surface area (Å²) in [4.78, 5) is 23.4. The number of ether oxygens (including phenoxy) is 3. The summed E-state index contributed by atoms with van der Waals surface area (Å²) in [7, 11) is 3.04. The van der Waals surface area contributed by atoms with Gasteiger partial charge in [-0.3, -0.25) is 10.1 Å². The molecule has 0 aliphatic rings. The molecule has 0 unspecified atom stereocenters. The number of amides is 2. The van der Waals surface area contributed by atoms with Gasteiger partial charge in [0.1, 0.15) is 0 Å². The molecule has 0 atom stereocenters. The lowest BCUT2D eigenvalue weighted by Crippen LogP contribution is -2.19. The summed E-state index contributed by atoms with van der Waals surface area (Å²) in [6.07, 6.45) is 0. The number of thioether (sulfide) groups is 1. The SMILES string of the molecule is CCOC(=O)CSc1nnc(NC(=O)Nc2ccc(OC)c(OC)c2)s1. The Bertz CT molecular complexity index is 768. The van der Waals surface area contributed by atoms with E-state index in [-0.39, 0.29) is 11.7 Å². The molecule has 140 valence electrons. The average molecular weight is 398 g/mol. The van der Waals surface area contributed by atoms with Crippen molar-refractivity contribution in [2.24, 2.45) is 0 Å². The molecule has 0 saturated carbocycles. The molecule has 2 amide bonds. The summed E-state index contributed by atoms with van der Waals surface area (Å²) in [6, 6.07) is 4.53. The van der Waals surface area contributed by atoms with Crippen LogP contribution in [0.4, 0.5) is 15.6 Å². The van der Waals surface area contributed by atoms with Gasteiger partial charge in [0.25, 0.3) is 0 Å². The smallest absolute Gasteiger partial charge is 0.325 e. The second-order valence-electron chi connectivity index (χ2n) is 4.62. The molecule has 11 heteroatoms. The van der Waals surface area contributed by atoms with E-state index in [9.17, 15) is 9.59 Å². The van der Waals surface area contributed by atoms with Crippen LogP contribution in [0.15, 0.2) is 22.5 Å². The lowest BCUT2D eigenvalue weighted by atomic mass is 10.3. The zero-order chi connectivity index (χ0) is 18.9. The van der Waals surface area contributed by atoms with Gasteiger partial charge in [0.2, 0.25) is 5.13 Å². The summed E-state index contributed by atoms with van der Waals surface area (Å²) in [5, 5.41) is 13.3. The Morgan fingerprint density at radius 1 is 1.15 bits per heavy atom. The molecule has 1 aromatic carbocycles. The molecular weight excluding hydrogens is 380 g/mol. The summed E-state index contributed by atoms with van der Waals surface area (Å²) in [5.74, 6) is 0.874. The van der Waals surface area contributed by atoms with E-state index in [1.54, 1.807) is 25.1 Å². The first-order valence-corrected chi connectivity index (χ1v) is 9.27. The van der Waals surface area contributed by atoms with Crippen LogP contribution in [-0.2, 0) is 9.53 Å². The van der Waals surface area contributed by atoms with Crippen molar-refractivity contribution in [3.05, 3.63) is 18.2 Å². The first kappa shape index (κ1) is 19.8. The van der Waals surface area contributed by atoms with Crippen LogP contribution < -0.4 is 20.1 Å². The minimum Gasteiger partial charge on any atom is -0.493 e. The van der Waals surface area contributed by atoms with Crippen LogP contribution >= 0.6 is 23.1 Å². The van der Waals surface area contributed by atoms with Crippen molar-refractivity contribution >= 4 is 45.9 Å². The minimum atomic E-state index is -0.477. The normalized spacial score (nSPS) is 10.1. The van der Waals surface area contributed by atoms with Gasteiger partial charge < -0.3 is 19.5 Å². The zero-order valence-electron chi connectivity index (χ0n) is 14.4. The van der Waals surface area contributed by atoms with E-state index in [0.717, 1.165) is 11.3 Å². The third-order valence-electron chi connectivity index (χ3n) is 2.89. The van der Waals surface area contributed by atoms with Crippen molar-refractivity contribution in [3.63, 3.8) is 0 Å². The van der Waals surface area contributed by atoms with Crippen molar-refractivity contribution in [2.45, 2.75) is 11.3 Å². The maximum absolute atomic E-state index is 12.1. The van der Waals surface area contributed by atoms with Gasteiger partial charge >= 0.3 is 12.0 Å². The number of hydrogen-bond acceptors (Lipinski definition) is 9. The van der Waals surface area contributed by atoms with Crippen LogP contribution in [0.2, 0.25) is 0 Å². The van der Waals surface area contributed by atoms with Crippen molar-refractivity contribution in [2.75, 3.05) is 37.2 Å². The number of carbonyl (C=O) groups is 2. The Labute approximate surface area is 158 Å². The second kappa shape index (κ2) is 9.82. The fourth-order valence-electron chi connectivity index (χ4n) is 1.82. The van der Waals surface area contributed by atoms with Crippen LogP contribution in [0.1, 0.15) is 6.92 Å². The van der Waals surface area contributed by atoms with E-state index in [1.807, 2.05) is 0 Å². The maximum Gasteiger partial charge on any atom is 0.325 e. The third-order valence-corrected chi connectivity index (χ3v) is 4.83.